The van der Waals surface area contributed by atoms with Crippen LogP contribution >= 0.6 is 0 Å². The van der Waals surface area contributed by atoms with E-state index in [9.17, 15) is 19.2 Å². The van der Waals surface area contributed by atoms with Gasteiger partial charge in [0.2, 0.25) is 0 Å². The number of para-hydroxylation sites is 2. The van der Waals surface area contributed by atoms with Crippen LogP contribution in [0.25, 0.3) is 88.1 Å². The maximum Gasteiger partial charge on any atom is 0.276 e. The molecule has 24 heteroatoms. The number of pyridine rings is 5. The summed E-state index contributed by atoms with van der Waals surface area (Å²) in [5, 5.41) is 43.6. The lowest BCUT2D eigenvalue weighted by molar-refractivity contribution is 0.101. The van der Waals surface area contributed by atoms with Gasteiger partial charge in [-0.15, -0.1) is 0 Å². The van der Waals surface area contributed by atoms with Gasteiger partial charge in [0, 0.05) is 119 Å². The molecule has 19 rings (SSSR count). The van der Waals surface area contributed by atoms with Crippen LogP contribution in [0.5, 0.6) is 0 Å². The van der Waals surface area contributed by atoms with Gasteiger partial charge in [0.05, 0.1) is 45.8 Å². The van der Waals surface area contributed by atoms with E-state index in [0.29, 0.717) is 34.2 Å². The lowest BCUT2D eigenvalue weighted by Gasteiger charge is -2.26. The van der Waals surface area contributed by atoms with Crippen molar-refractivity contribution in [3.63, 3.8) is 0 Å². The number of piperidine rings is 2. The molecule has 118 heavy (non-hydrogen) atoms. The van der Waals surface area contributed by atoms with E-state index in [1.165, 1.54) is 81.1 Å². The summed E-state index contributed by atoms with van der Waals surface area (Å²) < 4.78 is 0. The minimum Gasteiger partial charge on any atom is -0.321 e. The molecule has 3 aliphatic heterocycles. The summed E-state index contributed by atoms with van der Waals surface area (Å²) in [6.45, 7) is 13.7. The highest BCUT2D eigenvalue weighted by Gasteiger charge is 2.23. The smallest absolute Gasteiger partial charge is 0.276 e. The molecule has 0 bridgehead atoms. The number of hydrogen-bond acceptors (Lipinski definition) is 16. The molecule has 3 saturated heterocycles. The standard InChI is InChI=1S/C25H26N6O.C25H25N5O.C25H24N4O.C19H15N5O/c1-17-7-8-26-15-23(17)28-25(32)24-21-12-19(5-6-22(21)29-30-24)20-11-18(13-27-14-20)16-31-9-3-2-4-10-31;31-25(27-21-7-3-1-4-8-21)24-22-14-19(9-10-23(22)28-29-24)20-13-18(15-26-16-20)17-30-11-5-2-6-12-30;30-25(26-21-9-2-1-3-10-21)24-22-16-20(11-12-23(22)27-28-24)19-8-6-7-18(15-19)17-29-13-4-5-14-29;1-12-6-8-21-11-17(12)22-19(25)18-15-9-13(4-5-16(15)23-24-18)14-3-2-7-20-10-14/h5-8,11-15H,2-4,9-10,16H2,1H3,(H,28,32)(H,29,30);1,3-4,7-10,13-16H,2,5-6,11-12,17H2,(H,27,31)(H,28,29);1-3,6-12,15-16H,4-5,13-14,17H2,(H,26,30)(H,27,28);2-11H,1H3,(H,22,25)(H,23,24). The number of aromatic nitrogens is 13. The number of carbonyl (C=O) groups is 4. The van der Waals surface area contributed by atoms with Gasteiger partial charge in [-0.25, -0.2) is 0 Å². The summed E-state index contributed by atoms with van der Waals surface area (Å²) in [4.78, 5) is 79.9. The maximum atomic E-state index is 12.9. The summed E-state index contributed by atoms with van der Waals surface area (Å²) in [6.07, 6.45) is 28.2. The number of nitrogens with one attached hydrogen (secondary N) is 8. The zero-order valence-electron chi connectivity index (χ0n) is 65.8. The zero-order chi connectivity index (χ0) is 80.5. The predicted molar refractivity (Wildman–Crippen MR) is 465 cm³/mol. The number of nitrogens with zero attached hydrogens (tertiary/aromatic N) is 12. The van der Waals surface area contributed by atoms with Gasteiger partial charge in [-0.1, -0.05) is 97.8 Å². The lowest BCUT2D eigenvalue weighted by Crippen LogP contribution is -2.29. The molecule has 0 atom stereocenters. The number of fused-ring (bicyclic) bond motifs is 4. The van der Waals surface area contributed by atoms with Gasteiger partial charge in [-0.05, 0) is 256 Å². The molecule has 3 aliphatic rings. The minimum absolute atomic E-state index is 0.215. The van der Waals surface area contributed by atoms with E-state index in [0.717, 1.165) is 156 Å². The molecule has 4 amide bonds. The molecular formula is C94H90N20O4. The third-order valence-corrected chi connectivity index (χ3v) is 21.6. The first-order valence-corrected chi connectivity index (χ1v) is 40.1. The Morgan fingerprint density at radius 3 is 1.03 bits per heavy atom. The molecule has 0 radical (unpaired) electrons. The second-order valence-electron chi connectivity index (χ2n) is 30.0. The van der Waals surface area contributed by atoms with Crippen LogP contribution in [-0.4, -0.2) is 143 Å². The van der Waals surface area contributed by atoms with Crippen molar-refractivity contribution in [3.05, 3.63) is 307 Å². The fourth-order valence-corrected chi connectivity index (χ4v) is 15.2. The van der Waals surface area contributed by atoms with E-state index in [1.54, 1.807) is 37.2 Å². The average Bonchev–Trinajstić information content (AvgIpc) is 1.64. The van der Waals surface area contributed by atoms with E-state index in [2.05, 4.69) is 144 Å². The first-order valence-electron chi connectivity index (χ1n) is 40.1. The van der Waals surface area contributed by atoms with Crippen LogP contribution in [0.15, 0.2) is 256 Å². The van der Waals surface area contributed by atoms with Crippen LogP contribution in [0.3, 0.4) is 0 Å². The molecule has 3 fully saturated rings. The number of hydrogen-bond donors (Lipinski definition) is 8. The predicted octanol–water partition coefficient (Wildman–Crippen LogP) is 18.1. The second kappa shape index (κ2) is 37.0. The van der Waals surface area contributed by atoms with Gasteiger partial charge < -0.3 is 21.3 Å². The van der Waals surface area contributed by atoms with Gasteiger partial charge >= 0.3 is 0 Å². The van der Waals surface area contributed by atoms with E-state index in [-0.39, 0.29) is 23.6 Å². The van der Waals surface area contributed by atoms with Crippen LogP contribution in [0.4, 0.5) is 22.7 Å². The first kappa shape index (κ1) is 77.8. The van der Waals surface area contributed by atoms with Crippen molar-refractivity contribution in [2.45, 2.75) is 84.8 Å². The Hall–Kier alpha value is -14.1. The molecule has 0 saturated carbocycles. The molecule has 16 aromatic rings. The van der Waals surface area contributed by atoms with Crippen molar-refractivity contribution in [1.82, 2.24) is 80.4 Å². The Labute approximate surface area is 682 Å². The summed E-state index contributed by atoms with van der Waals surface area (Å²) in [6, 6.07) is 63.5. The van der Waals surface area contributed by atoms with Crippen molar-refractivity contribution >= 4 is 90.0 Å². The van der Waals surface area contributed by atoms with Crippen LogP contribution in [0, 0.1) is 13.8 Å². The SMILES string of the molecule is Cc1ccncc1NC(=O)c1n[nH]c2ccc(-c3cccnc3)cc12.Cc1ccncc1NC(=O)c1n[nH]c2ccc(-c3cncc(CN4CCCCC4)c3)cc12.O=C(Nc1ccccc1)c1n[nH]c2ccc(-c3cccc(CN4CCCC4)c3)cc12.O=C(Nc1ccccc1)c1n[nH]c2ccc(-c3cncc(CN4CCCCC4)c3)cc12. The van der Waals surface area contributed by atoms with Crippen LogP contribution in [-0.2, 0) is 19.6 Å². The van der Waals surface area contributed by atoms with Crippen molar-refractivity contribution in [2.75, 3.05) is 60.5 Å². The third-order valence-electron chi connectivity index (χ3n) is 21.6. The fourth-order valence-electron chi connectivity index (χ4n) is 15.2. The highest BCUT2D eigenvalue weighted by molar-refractivity contribution is 6.14. The van der Waals surface area contributed by atoms with Gasteiger partial charge in [0.1, 0.15) is 0 Å². The van der Waals surface area contributed by atoms with Crippen LogP contribution < -0.4 is 21.3 Å². The Morgan fingerprint density at radius 2 is 0.636 bits per heavy atom. The summed E-state index contributed by atoms with van der Waals surface area (Å²) >= 11 is 0. The van der Waals surface area contributed by atoms with Crippen molar-refractivity contribution in [2.24, 2.45) is 0 Å². The van der Waals surface area contributed by atoms with Gasteiger partial charge in [0.25, 0.3) is 23.6 Å². The zero-order valence-corrected chi connectivity index (χ0v) is 65.8. The quantitative estimate of drug-likeness (QED) is 0.0396. The molecule has 0 spiro atoms. The van der Waals surface area contributed by atoms with Crippen LogP contribution in [0.2, 0.25) is 0 Å². The summed E-state index contributed by atoms with van der Waals surface area (Å²) in [5.74, 6) is -0.980. The maximum absolute atomic E-state index is 12.9. The van der Waals surface area contributed by atoms with Gasteiger partial charge in [0.15, 0.2) is 22.8 Å². The Bertz CT molecular complexity index is 6180. The molecule has 0 aliphatic carbocycles. The van der Waals surface area contributed by atoms with Crippen molar-refractivity contribution in [3.8, 4) is 44.5 Å². The van der Waals surface area contributed by atoms with Crippen LogP contribution in [0.1, 0.15) is 121 Å². The molecule has 0 unspecified atom stereocenters. The topological polar surface area (TPSA) is 305 Å². The molecular weight excluding hydrogens is 1470 g/mol. The fraction of sp³-hybridized carbons (Fsp3) is 0.202. The monoisotopic (exact) mass is 1560 g/mol. The van der Waals surface area contributed by atoms with E-state index in [1.807, 2.05) is 190 Å². The summed E-state index contributed by atoms with van der Waals surface area (Å²) in [7, 11) is 0. The molecule has 12 heterocycles. The molecule has 9 aromatic heterocycles. The summed E-state index contributed by atoms with van der Waals surface area (Å²) in [5.41, 5.74) is 21.6. The highest BCUT2D eigenvalue weighted by atomic mass is 16.2. The number of amides is 4. The third kappa shape index (κ3) is 19.1. The Kier molecular flexibility index (Phi) is 24.4. The minimum atomic E-state index is -0.273. The number of carbonyl (C=O) groups excluding carboxylic acids is 4. The highest BCUT2D eigenvalue weighted by Crippen LogP contribution is 2.33. The Balaban J connectivity index is 0.000000118. The number of likely N-dealkylation sites (tertiary alicyclic amines) is 3. The number of anilines is 4. The molecule has 590 valence electrons. The number of H-pyrrole nitrogens is 4. The van der Waals surface area contributed by atoms with E-state index < -0.39 is 0 Å². The second-order valence-corrected chi connectivity index (χ2v) is 30.0. The number of rotatable bonds is 18. The van der Waals surface area contributed by atoms with Crippen molar-refractivity contribution < 1.29 is 19.2 Å². The molecule has 7 aromatic carbocycles. The Morgan fingerprint density at radius 1 is 0.297 bits per heavy atom. The van der Waals surface area contributed by atoms with Gasteiger partial charge in [-0.3, -0.25) is 79.2 Å². The molecule has 8 N–H and O–H groups in total. The van der Waals surface area contributed by atoms with Crippen molar-refractivity contribution in [1.29, 1.82) is 0 Å². The first-order chi connectivity index (χ1) is 57.9. The van der Waals surface area contributed by atoms with E-state index in [4.69, 9.17) is 0 Å². The lowest BCUT2D eigenvalue weighted by atomic mass is 10.0. The number of aryl methyl sites for hydroxylation is 2. The normalized spacial score (nSPS) is 13.7. The molecule has 24 nitrogen and oxygen atoms in total. The number of benzene rings is 7. The van der Waals surface area contributed by atoms with E-state index >= 15 is 0 Å². The van der Waals surface area contributed by atoms with Gasteiger partial charge in [-0.2, -0.15) is 20.4 Å². The average molecular weight is 1560 g/mol. The largest absolute Gasteiger partial charge is 0.321 e. The number of aromatic amines is 4.